The second-order valence-electron chi connectivity index (χ2n) is 5.77. The molecule has 2 amide bonds. The molecule has 0 saturated carbocycles. The highest BCUT2D eigenvalue weighted by atomic mass is 19.1. The van der Waals surface area contributed by atoms with E-state index in [1.165, 1.54) is 12.1 Å². The molecule has 2 N–H and O–H groups in total. The van der Waals surface area contributed by atoms with Crippen molar-refractivity contribution in [2.75, 3.05) is 13.1 Å². The lowest BCUT2D eigenvalue weighted by atomic mass is 10.1. The minimum Gasteiger partial charge on any atom is -0.369 e. The Balaban J connectivity index is 2.03. The molecule has 1 aromatic carbocycles. The number of fused-ring (bicyclic) bond motifs is 1. The maximum atomic E-state index is 13.6. The fraction of sp³-hybridized carbons (Fsp3) is 0.375. The van der Waals surface area contributed by atoms with Crippen molar-refractivity contribution < 1.29 is 14.0 Å². The first-order valence-corrected chi connectivity index (χ1v) is 7.28. The lowest BCUT2D eigenvalue weighted by Gasteiger charge is -2.16. The molecule has 6 heteroatoms. The van der Waals surface area contributed by atoms with Crippen LogP contribution in [0.3, 0.4) is 0 Å². The smallest absolute Gasteiger partial charge is 0.221 e. The lowest BCUT2D eigenvalue weighted by molar-refractivity contribution is -0.127. The number of aromatic nitrogens is 1. The van der Waals surface area contributed by atoms with Gasteiger partial charge in [0.05, 0.1) is 18.0 Å². The molecule has 0 spiro atoms. The van der Waals surface area contributed by atoms with Gasteiger partial charge in [0.25, 0.3) is 0 Å². The average Bonchev–Trinajstić information content (AvgIpc) is 3.03. The quantitative estimate of drug-likeness (QED) is 0.936. The summed E-state index contributed by atoms with van der Waals surface area (Å²) in [5.41, 5.74) is 6.83. The third-order valence-corrected chi connectivity index (χ3v) is 4.25. The Morgan fingerprint density at radius 3 is 2.82 bits per heavy atom. The van der Waals surface area contributed by atoms with Gasteiger partial charge in [0.2, 0.25) is 11.8 Å². The van der Waals surface area contributed by atoms with E-state index in [1.807, 2.05) is 10.8 Å². The van der Waals surface area contributed by atoms with Gasteiger partial charge in [0.1, 0.15) is 5.82 Å². The van der Waals surface area contributed by atoms with Crippen molar-refractivity contribution in [2.24, 2.45) is 5.73 Å². The first kappa shape index (κ1) is 14.6. The number of nitrogens with zero attached hydrogens (tertiary/aromatic N) is 2. The second-order valence-corrected chi connectivity index (χ2v) is 5.77. The number of rotatable bonds is 3. The van der Waals surface area contributed by atoms with Gasteiger partial charge in [0.15, 0.2) is 0 Å². The molecule has 116 valence electrons. The maximum Gasteiger partial charge on any atom is 0.221 e. The molecule has 0 unspecified atom stereocenters. The topological polar surface area (TPSA) is 68.3 Å². The van der Waals surface area contributed by atoms with Gasteiger partial charge in [-0.25, -0.2) is 4.39 Å². The van der Waals surface area contributed by atoms with Crippen LogP contribution < -0.4 is 5.73 Å². The molecule has 1 aromatic heterocycles. The van der Waals surface area contributed by atoms with Crippen molar-refractivity contribution in [3.8, 4) is 0 Å². The Morgan fingerprint density at radius 1 is 1.41 bits per heavy atom. The summed E-state index contributed by atoms with van der Waals surface area (Å²) in [5.74, 6) is -0.693. The molecule has 5 nitrogen and oxygen atoms in total. The summed E-state index contributed by atoms with van der Waals surface area (Å²) < 4.78 is 15.6. The Bertz CT molecular complexity index is 753. The molecule has 3 rings (SSSR count). The van der Waals surface area contributed by atoms with Crippen molar-refractivity contribution in [1.82, 2.24) is 9.47 Å². The standard InChI is InChI=1S/C16H18FN3O2/c1-10(21)19-5-4-13(9-19)20-8-11(6-16(18)22)14-3-2-12(17)7-15(14)20/h2-3,7-8,13H,4-6,9H2,1H3,(H2,18,22)/t13-/m1/s1. The van der Waals surface area contributed by atoms with Crippen LogP contribution in [0.25, 0.3) is 10.9 Å². The average molecular weight is 303 g/mol. The van der Waals surface area contributed by atoms with E-state index in [-0.39, 0.29) is 24.2 Å². The molecule has 22 heavy (non-hydrogen) atoms. The third kappa shape index (κ3) is 2.56. The molecule has 1 aliphatic heterocycles. The predicted molar refractivity (Wildman–Crippen MR) is 80.7 cm³/mol. The molecule has 2 aromatic rings. The van der Waals surface area contributed by atoms with Crippen LogP contribution in [0.1, 0.15) is 24.9 Å². The van der Waals surface area contributed by atoms with Crippen LogP contribution in [0.2, 0.25) is 0 Å². The van der Waals surface area contributed by atoms with E-state index in [4.69, 9.17) is 5.73 Å². The Morgan fingerprint density at radius 2 is 2.18 bits per heavy atom. The molecular weight excluding hydrogens is 285 g/mol. The zero-order valence-electron chi connectivity index (χ0n) is 12.4. The molecule has 0 bridgehead atoms. The minimum absolute atomic E-state index is 0.0440. The first-order chi connectivity index (χ1) is 10.5. The van der Waals surface area contributed by atoms with E-state index in [9.17, 15) is 14.0 Å². The molecule has 2 heterocycles. The van der Waals surface area contributed by atoms with Crippen LogP contribution >= 0.6 is 0 Å². The molecule has 1 fully saturated rings. The van der Waals surface area contributed by atoms with E-state index in [2.05, 4.69) is 0 Å². The van der Waals surface area contributed by atoms with E-state index in [0.29, 0.717) is 13.1 Å². The highest BCUT2D eigenvalue weighted by molar-refractivity contribution is 5.89. The Kier molecular flexibility index (Phi) is 3.60. The van der Waals surface area contributed by atoms with Gasteiger partial charge in [0, 0.05) is 31.6 Å². The van der Waals surface area contributed by atoms with E-state index < -0.39 is 5.91 Å². The third-order valence-electron chi connectivity index (χ3n) is 4.25. The van der Waals surface area contributed by atoms with Crippen LogP contribution in [-0.4, -0.2) is 34.4 Å². The number of halogens is 1. The van der Waals surface area contributed by atoms with Crippen LogP contribution in [0.15, 0.2) is 24.4 Å². The van der Waals surface area contributed by atoms with Gasteiger partial charge in [-0.05, 0) is 30.2 Å². The molecule has 1 atom stereocenters. The molecular formula is C16H18FN3O2. The SMILES string of the molecule is CC(=O)N1CC[C@@H](n2cc(CC(N)=O)c3ccc(F)cc32)C1. The van der Waals surface area contributed by atoms with Crippen molar-refractivity contribution in [2.45, 2.75) is 25.8 Å². The predicted octanol–water partition coefficient (Wildman–Crippen LogP) is 1.60. The molecule has 0 aliphatic carbocycles. The van der Waals surface area contributed by atoms with E-state index >= 15 is 0 Å². The highest BCUT2D eigenvalue weighted by Gasteiger charge is 2.27. The van der Waals surface area contributed by atoms with Crippen molar-refractivity contribution in [1.29, 1.82) is 0 Å². The second kappa shape index (κ2) is 5.44. The summed E-state index contributed by atoms with van der Waals surface area (Å²) in [4.78, 5) is 24.5. The van der Waals surface area contributed by atoms with Crippen molar-refractivity contribution in [3.05, 3.63) is 35.8 Å². The fourth-order valence-electron chi connectivity index (χ4n) is 3.18. The van der Waals surface area contributed by atoms with Gasteiger partial charge >= 0.3 is 0 Å². The summed E-state index contributed by atoms with van der Waals surface area (Å²) in [5, 5.41) is 0.835. The number of carbonyl (C=O) groups excluding carboxylic acids is 2. The minimum atomic E-state index is -0.417. The van der Waals surface area contributed by atoms with Crippen LogP contribution in [-0.2, 0) is 16.0 Å². The monoisotopic (exact) mass is 303 g/mol. The van der Waals surface area contributed by atoms with Crippen molar-refractivity contribution >= 4 is 22.7 Å². The first-order valence-electron chi connectivity index (χ1n) is 7.28. The van der Waals surface area contributed by atoms with Crippen LogP contribution in [0, 0.1) is 5.82 Å². The number of hydrogen-bond donors (Lipinski definition) is 1. The number of primary amides is 1. The summed E-state index contributed by atoms with van der Waals surface area (Å²) in [6.07, 6.45) is 2.80. The molecule has 0 radical (unpaired) electrons. The maximum absolute atomic E-state index is 13.6. The number of likely N-dealkylation sites (tertiary alicyclic amines) is 1. The zero-order valence-corrected chi connectivity index (χ0v) is 12.4. The van der Waals surface area contributed by atoms with Crippen molar-refractivity contribution in [3.63, 3.8) is 0 Å². The number of nitrogens with two attached hydrogens (primary N) is 1. The summed E-state index contributed by atoms with van der Waals surface area (Å²) in [7, 11) is 0. The number of amides is 2. The van der Waals surface area contributed by atoms with Gasteiger partial charge in [-0.3, -0.25) is 9.59 Å². The van der Waals surface area contributed by atoms with Gasteiger partial charge in [-0.15, -0.1) is 0 Å². The van der Waals surface area contributed by atoms with Gasteiger partial charge < -0.3 is 15.2 Å². The Hall–Kier alpha value is -2.37. The molecule has 1 aliphatic rings. The van der Waals surface area contributed by atoms with Crippen LogP contribution in [0.4, 0.5) is 4.39 Å². The zero-order chi connectivity index (χ0) is 15.9. The number of benzene rings is 1. The molecule has 1 saturated heterocycles. The normalized spacial score (nSPS) is 18.1. The number of carbonyl (C=O) groups is 2. The highest BCUT2D eigenvalue weighted by Crippen LogP contribution is 2.30. The van der Waals surface area contributed by atoms with Gasteiger partial charge in [-0.1, -0.05) is 0 Å². The fourth-order valence-corrected chi connectivity index (χ4v) is 3.18. The lowest BCUT2D eigenvalue weighted by Crippen LogP contribution is -2.26. The summed E-state index contributed by atoms with van der Waals surface area (Å²) in [6.45, 7) is 2.85. The Labute approximate surface area is 127 Å². The summed E-state index contributed by atoms with van der Waals surface area (Å²) in [6, 6.07) is 4.62. The summed E-state index contributed by atoms with van der Waals surface area (Å²) >= 11 is 0. The van der Waals surface area contributed by atoms with Crippen LogP contribution in [0.5, 0.6) is 0 Å². The largest absolute Gasteiger partial charge is 0.369 e. The van der Waals surface area contributed by atoms with Gasteiger partial charge in [-0.2, -0.15) is 0 Å². The number of hydrogen-bond acceptors (Lipinski definition) is 2. The van der Waals surface area contributed by atoms with E-state index in [1.54, 1.807) is 17.9 Å². The van der Waals surface area contributed by atoms with E-state index in [0.717, 1.165) is 22.9 Å².